The molecule has 2 aromatic carbocycles. The van der Waals surface area contributed by atoms with Crippen molar-refractivity contribution in [3.8, 4) is 35.2 Å². The Morgan fingerprint density at radius 1 is 0.708 bits per heavy atom. The third kappa shape index (κ3) is 6.58. The van der Waals surface area contributed by atoms with E-state index in [1.165, 1.54) is 17.0 Å². The number of carbonyl (C=O) groups excluding carboxylic acids is 6. The number of benzene rings is 2. The SMILES string of the molecule is CC(=O)C1=C(O)[C@@H](N(C)C)[C@@H]2C[C@@H]3Cc4c(C#CCCCCC#Cc5ccc(O)c6c5C[C@H]5C[C@H]7CC(O)=C(C(N)=O)C(=O)[C@@]7(O)C(O)=C5C6=O)ccc(O)c4C(=O)C3=C(O)[C@]2(O)C1=O. The Hall–Kier alpha value is -6.98. The van der Waals surface area contributed by atoms with Crippen LogP contribution in [0.2, 0.25) is 0 Å². The van der Waals surface area contributed by atoms with Crippen molar-refractivity contribution in [2.24, 2.45) is 29.4 Å². The zero-order valence-electron chi connectivity index (χ0n) is 35.6. The van der Waals surface area contributed by atoms with E-state index in [2.05, 4.69) is 23.7 Å². The molecule has 8 rings (SSSR count). The predicted octanol–water partition coefficient (Wildman–Crippen LogP) is 3.08. The third-order valence-electron chi connectivity index (χ3n) is 14.0. The highest BCUT2D eigenvalue weighted by Gasteiger charge is 2.63. The van der Waals surface area contributed by atoms with Crippen LogP contribution in [-0.2, 0) is 32.0 Å². The monoisotopic (exact) mass is 886 g/mol. The van der Waals surface area contributed by atoms with Crippen molar-refractivity contribution in [1.29, 1.82) is 0 Å². The van der Waals surface area contributed by atoms with Gasteiger partial charge in [0.15, 0.2) is 28.6 Å². The van der Waals surface area contributed by atoms with Gasteiger partial charge in [0.2, 0.25) is 11.6 Å². The maximum atomic E-state index is 14.0. The summed E-state index contributed by atoms with van der Waals surface area (Å²) in [7, 11) is 3.19. The molecule has 0 aliphatic heterocycles. The summed E-state index contributed by atoms with van der Waals surface area (Å²) in [6, 6.07) is 4.72. The van der Waals surface area contributed by atoms with E-state index in [-0.39, 0.29) is 65.9 Å². The number of unbranched alkanes of at least 4 members (excludes halogenated alkanes) is 3. The Morgan fingerprint density at radius 3 is 1.66 bits per heavy atom. The van der Waals surface area contributed by atoms with Gasteiger partial charge in [0.1, 0.15) is 45.7 Å². The van der Waals surface area contributed by atoms with Gasteiger partial charge in [-0.3, -0.25) is 33.7 Å². The van der Waals surface area contributed by atoms with Crippen molar-refractivity contribution in [3.05, 3.63) is 103 Å². The number of fused-ring (bicyclic) bond motifs is 6. The number of phenolic OH excluding ortho intramolecular Hbond substituents is 2. The number of likely N-dealkylation sites (N-methyl/N-ethyl adjacent to an activating group) is 1. The summed E-state index contributed by atoms with van der Waals surface area (Å²) < 4.78 is 0. The van der Waals surface area contributed by atoms with Gasteiger partial charge in [-0.2, -0.15) is 0 Å². The van der Waals surface area contributed by atoms with E-state index in [0.717, 1.165) is 6.92 Å². The first-order valence-corrected chi connectivity index (χ1v) is 21.2. The van der Waals surface area contributed by atoms with Crippen LogP contribution < -0.4 is 5.73 Å². The number of nitrogens with zero attached hydrogens (tertiary/aromatic N) is 1. The van der Waals surface area contributed by atoms with Gasteiger partial charge in [0, 0.05) is 53.4 Å². The molecule has 6 aliphatic carbocycles. The van der Waals surface area contributed by atoms with Crippen molar-refractivity contribution in [2.45, 2.75) is 82.0 Å². The third-order valence-corrected chi connectivity index (χ3v) is 14.0. The van der Waals surface area contributed by atoms with Crippen LogP contribution in [0, 0.1) is 47.4 Å². The number of aromatic hydroxyl groups is 2. The number of allylic oxidation sites excluding steroid dienone is 3. The molecule has 16 nitrogen and oxygen atoms in total. The first kappa shape index (κ1) is 44.6. The van der Waals surface area contributed by atoms with Crippen LogP contribution in [0.15, 0.2) is 69.6 Å². The van der Waals surface area contributed by atoms with Crippen molar-refractivity contribution in [3.63, 3.8) is 0 Å². The number of aliphatic hydroxyl groups is 6. The Labute approximate surface area is 372 Å². The summed E-state index contributed by atoms with van der Waals surface area (Å²) in [4.78, 5) is 80.7. The van der Waals surface area contributed by atoms with E-state index in [0.29, 0.717) is 47.9 Å². The second-order valence-electron chi connectivity index (χ2n) is 17.8. The summed E-state index contributed by atoms with van der Waals surface area (Å²) in [5, 5.41) is 89.3. The van der Waals surface area contributed by atoms with Crippen LogP contribution in [0.4, 0.5) is 0 Å². The predicted molar refractivity (Wildman–Crippen MR) is 228 cm³/mol. The van der Waals surface area contributed by atoms with Gasteiger partial charge in [0.05, 0.1) is 17.2 Å². The van der Waals surface area contributed by atoms with Crippen molar-refractivity contribution >= 4 is 34.8 Å². The van der Waals surface area contributed by atoms with Gasteiger partial charge >= 0.3 is 0 Å². The number of rotatable bonds is 6. The summed E-state index contributed by atoms with van der Waals surface area (Å²) in [5.74, 6) is -1.09. The topological polar surface area (TPSA) is 294 Å². The lowest BCUT2D eigenvalue weighted by Crippen LogP contribution is -2.63. The standard InChI is InChI=1S/C49H46N2O14/c1-21(52)33-42(58)39(51(2)3)29-19-25-18-28-23(13-15-31(54)37(28)41(57)35(25)45(61)49(29,65)43(33)59)11-9-7-5-4-6-8-10-22-12-14-30(53)36-27(22)17-24-16-26-20-32(55)38(47(50)63)46(62)48(26,64)44(60)34(24)40(36)56/h12-15,24-26,29,39,53-55,58,60-61,64-65H,4-7,16-20H2,1-3H3,(H2,50,63)/t24-,25+,26+,29+,39+,48+,49-/m1/s1. The highest BCUT2D eigenvalue weighted by atomic mass is 16.4. The number of phenols is 2. The largest absolute Gasteiger partial charge is 0.511 e. The number of ketones is 5. The molecule has 0 heterocycles. The highest BCUT2D eigenvalue weighted by molar-refractivity contribution is 6.26. The molecule has 0 radical (unpaired) electrons. The summed E-state index contributed by atoms with van der Waals surface area (Å²) in [5.41, 5.74) is -0.490. The normalized spacial score (nSPS) is 28.0. The minimum absolute atomic E-state index is 0.00472. The summed E-state index contributed by atoms with van der Waals surface area (Å²) in [6.45, 7) is 1.06. The molecule has 65 heavy (non-hydrogen) atoms. The summed E-state index contributed by atoms with van der Waals surface area (Å²) in [6.07, 6.45) is 1.97. The number of hydrogen-bond acceptors (Lipinski definition) is 15. The number of Topliss-reactive ketones (excluding diaryl/α,β-unsaturated/α-hetero) is 5. The molecule has 2 aromatic rings. The maximum absolute atomic E-state index is 14.0. The lowest BCUT2D eigenvalue weighted by molar-refractivity contribution is -0.148. The molecule has 7 atom stereocenters. The van der Waals surface area contributed by atoms with E-state index in [4.69, 9.17) is 5.73 Å². The second kappa shape index (κ2) is 15.9. The first-order chi connectivity index (χ1) is 30.7. The Morgan fingerprint density at radius 2 is 1.18 bits per heavy atom. The fourth-order valence-electron chi connectivity index (χ4n) is 10.9. The summed E-state index contributed by atoms with van der Waals surface area (Å²) >= 11 is 0. The average Bonchev–Trinajstić information content (AvgIpc) is 3.22. The molecule has 1 amide bonds. The van der Waals surface area contributed by atoms with E-state index in [1.807, 2.05) is 0 Å². The molecule has 0 bridgehead atoms. The lowest BCUT2D eigenvalue weighted by atomic mass is 9.58. The fourth-order valence-corrected chi connectivity index (χ4v) is 10.9. The van der Waals surface area contributed by atoms with Gasteiger partial charge in [-0.25, -0.2) is 0 Å². The smallest absolute Gasteiger partial charge is 0.255 e. The molecule has 0 saturated carbocycles. The molecule has 0 saturated heterocycles. The highest BCUT2D eigenvalue weighted by Crippen LogP contribution is 2.54. The Balaban J connectivity index is 0.968. The van der Waals surface area contributed by atoms with Gasteiger partial charge in [-0.05, 0) is 107 Å². The number of hydrogen-bond donors (Lipinski definition) is 9. The van der Waals surface area contributed by atoms with Crippen LogP contribution in [0.5, 0.6) is 11.5 Å². The Kier molecular flexibility index (Phi) is 10.9. The minimum Gasteiger partial charge on any atom is -0.511 e. The number of nitrogens with two attached hydrogens (primary N) is 1. The molecule has 0 spiro atoms. The van der Waals surface area contributed by atoms with Gasteiger partial charge in [-0.15, -0.1) is 0 Å². The van der Waals surface area contributed by atoms with Crippen molar-refractivity contribution in [1.82, 2.24) is 4.90 Å². The fraction of sp³-hybridized carbons (Fsp3) is 0.388. The zero-order chi connectivity index (χ0) is 47.2. The molecule has 336 valence electrons. The molecule has 10 N–H and O–H groups in total. The van der Waals surface area contributed by atoms with Crippen LogP contribution >= 0.6 is 0 Å². The van der Waals surface area contributed by atoms with Crippen molar-refractivity contribution in [2.75, 3.05) is 14.1 Å². The maximum Gasteiger partial charge on any atom is 0.255 e. The van der Waals surface area contributed by atoms with Crippen LogP contribution in [0.1, 0.15) is 94.8 Å². The van der Waals surface area contributed by atoms with Crippen molar-refractivity contribution < 1.29 is 69.6 Å². The minimum atomic E-state index is -2.66. The lowest BCUT2D eigenvalue weighted by Gasteiger charge is -2.50. The molecular weight excluding hydrogens is 841 g/mol. The van der Waals surface area contributed by atoms with E-state index in [9.17, 15) is 69.6 Å². The Bertz CT molecular complexity index is 2860. The number of primary amides is 1. The van der Waals surface area contributed by atoms with Crippen LogP contribution in [0.3, 0.4) is 0 Å². The van der Waals surface area contributed by atoms with Gasteiger partial charge in [-0.1, -0.05) is 23.7 Å². The van der Waals surface area contributed by atoms with Crippen LogP contribution in [-0.4, -0.2) is 112 Å². The number of aliphatic hydroxyl groups excluding tert-OH is 4. The molecule has 16 heteroatoms. The van der Waals surface area contributed by atoms with Gasteiger partial charge < -0.3 is 46.6 Å². The van der Waals surface area contributed by atoms with Gasteiger partial charge in [0.25, 0.3) is 5.91 Å². The molecule has 0 aromatic heterocycles. The first-order valence-electron chi connectivity index (χ1n) is 21.2. The molecule has 0 fully saturated rings. The quantitative estimate of drug-likeness (QED) is 0.114. The average molecular weight is 887 g/mol. The van der Waals surface area contributed by atoms with E-state index < -0.39 is 110 Å². The molecule has 0 unspecified atom stereocenters. The zero-order valence-corrected chi connectivity index (χ0v) is 35.6. The van der Waals surface area contributed by atoms with E-state index in [1.54, 1.807) is 26.2 Å². The van der Waals surface area contributed by atoms with E-state index >= 15 is 0 Å². The molecular formula is C49H46N2O14. The molecule has 6 aliphatic rings. The second-order valence-corrected chi connectivity index (χ2v) is 17.8. The van der Waals surface area contributed by atoms with Crippen LogP contribution in [0.25, 0.3) is 0 Å². The number of carbonyl (C=O) groups is 6. The number of amides is 1.